The number of carbonyl (C=O) groups is 1. The average molecular weight is 301 g/mol. The van der Waals surface area contributed by atoms with E-state index in [2.05, 4.69) is 10.4 Å². The summed E-state index contributed by atoms with van der Waals surface area (Å²) in [6.07, 6.45) is 0.766. The maximum Gasteiger partial charge on any atom is 0.251 e. The van der Waals surface area contributed by atoms with Gasteiger partial charge in [0.1, 0.15) is 0 Å². The lowest BCUT2D eigenvalue weighted by molar-refractivity contribution is 0.0953. The van der Waals surface area contributed by atoms with Crippen molar-refractivity contribution in [2.75, 3.05) is 13.3 Å². The predicted molar refractivity (Wildman–Crippen MR) is 81.3 cm³/mol. The maximum atomic E-state index is 12.2. The van der Waals surface area contributed by atoms with Gasteiger partial charge in [-0.1, -0.05) is 0 Å². The van der Waals surface area contributed by atoms with E-state index >= 15 is 0 Å². The van der Waals surface area contributed by atoms with Crippen molar-refractivity contribution in [2.45, 2.75) is 20.3 Å². The molecule has 1 amide bonds. The molecule has 0 saturated carbocycles. The molecule has 0 fully saturated rings. The lowest BCUT2D eigenvalue weighted by Gasteiger charge is -2.06. The van der Waals surface area contributed by atoms with E-state index in [1.807, 2.05) is 25.6 Å². The summed E-state index contributed by atoms with van der Waals surface area (Å²) < 4.78 is 12.4. The van der Waals surface area contributed by atoms with Crippen molar-refractivity contribution in [3.05, 3.63) is 40.7 Å². The minimum absolute atomic E-state index is 0.113. The minimum Gasteiger partial charge on any atom is -0.454 e. The smallest absolute Gasteiger partial charge is 0.251 e. The quantitative estimate of drug-likeness (QED) is 0.934. The molecule has 1 aliphatic heterocycles. The van der Waals surface area contributed by atoms with E-state index in [0.717, 1.165) is 17.8 Å². The number of hydrogen-bond donors (Lipinski definition) is 1. The summed E-state index contributed by atoms with van der Waals surface area (Å²) in [6, 6.07) is 5.20. The molecule has 0 saturated heterocycles. The van der Waals surface area contributed by atoms with E-state index in [9.17, 15) is 4.79 Å². The third kappa shape index (κ3) is 2.64. The molecule has 0 radical (unpaired) electrons. The Labute approximate surface area is 129 Å². The van der Waals surface area contributed by atoms with Gasteiger partial charge in [-0.25, -0.2) is 0 Å². The Morgan fingerprint density at radius 2 is 2.09 bits per heavy atom. The minimum atomic E-state index is -0.113. The van der Waals surface area contributed by atoms with E-state index in [0.29, 0.717) is 23.6 Å². The summed E-state index contributed by atoms with van der Waals surface area (Å²) in [7, 11) is 1.93. The molecule has 2 aromatic rings. The van der Waals surface area contributed by atoms with E-state index in [1.54, 1.807) is 18.2 Å². The fourth-order valence-corrected chi connectivity index (χ4v) is 2.62. The van der Waals surface area contributed by atoms with Crippen LogP contribution in [0.25, 0.3) is 0 Å². The molecule has 0 atom stereocenters. The Hall–Kier alpha value is -2.50. The SMILES string of the molecule is Cc1nn(C)c(C)c1CCNC(=O)c1ccc2c(c1)OCO2. The summed E-state index contributed by atoms with van der Waals surface area (Å²) >= 11 is 0. The lowest BCUT2D eigenvalue weighted by Crippen LogP contribution is -2.25. The maximum absolute atomic E-state index is 12.2. The topological polar surface area (TPSA) is 65.4 Å². The number of nitrogens with zero attached hydrogens (tertiary/aromatic N) is 2. The van der Waals surface area contributed by atoms with Gasteiger partial charge in [0.05, 0.1) is 5.69 Å². The zero-order chi connectivity index (χ0) is 15.7. The number of aromatic nitrogens is 2. The molecule has 2 heterocycles. The summed E-state index contributed by atoms with van der Waals surface area (Å²) in [5.41, 5.74) is 3.91. The van der Waals surface area contributed by atoms with Crippen LogP contribution in [0.3, 0.4) is 0 Å². The van der Waals surface area contributed by atoms with Crippen LogP contribution >= 0.6 is 0 Å². The number of amides is 1. The highest BCUT2D eigenvalue weighted by Crippen LogP contribution is 2.32. The number of fused-ring (bicyclic) bond motifs is 1. The monoisotopic (exact) mass is 301 g/mol. The first-order valence-electron chi connectivity index (χ1n) is 7.23. The van der Waals surface area contributed by atoms with Crippen LogP contribution < -0.4 is 14.8 Å². The molecule has 6 nitrogen and oxygen atoms in total. The molecule has 0 unspecified atom stereocenters. The van der Waals surface area contributed by atoms with Gasteiger partial charge in [0.2, 0.25) is 6.79 Å². The molecule has 3 rings (SSSR count). The standard InChI is InChI=1S/C16H19N3O3/c1-10-13(11(2)19(3)18-10)6-7-17-16(20)12-4-5-14-15(8-12)22-9-21-14/h4-5,8H,6-7,9H2,1-3H3,(H,17,20). The fourth-order valence-electron chi connectivity index (χ4n) is 2.62. The van der Waals surface area contributed by atoms with Crippen LogP contribution in [0.15, 0.2) is 18.2 Å². The van der Waals surface area contributed by atoms with E-state index in [1.165, 1.54) is 5.56 Å². The highest BCUT2D eigenvalue weighted by atomic mass is 16.7. The summed E-state index contributed by atoms with van der Waals surface area (Å²) in [5, 5.41) is 7.31. The van der Waals surface area contributed by atoms with Gasteiger partial charge in [-0.2, -0.15) is 5.10 Å². The van der Waals surface area contributed by atoms with Crippen LogP contribution in [0.2, 0.25) is 0 Å². The number of hydrogen-bond acceptors (Lipinski definition) is 4. The molecule has 1 N–H and O–H groups in total. The van der Waals surface area contributed by atoms with E-state index < -0.39 is 0 Å². The molecule has 1 aliphatic rings. The second-order valence-electron chi connectivity index (χ2n) is 5.35. The predicted octanol–water partition coefficient (Wildman–Crippen LogP) is 1.74. The van der Waals surface area contributed by atoms with Gasteiger partial charge >= 0.3 is 0 Å². The Morgan fingerprint density at radius 3 is 2.82 bits per heavy atom. The van der Waals surface area contributed by atoms with Gasteiger partial charge in [-0.05, 0) is 44.0 Å². The number of nitrogens with one attached hydrogen (secondary N) is 1. The highest BCUT2D eigenvalue weighted by Gasteiger charge is 2.16. The van der Waals surface area contributed by atoms with E-state index in [4.69, 9.17) is 9.47 Å². The van der Waals surface area contributed by atoms with Crippen LogP contribution in [0, 0.1) is 13.8 Å². The molecular weight excluding hydrogens is 282 g/mol. The number of benzene rings is 1. The first-order valence-corrected chi connectivity index (χ1v) is 7.23. The Kier molecular flexibility index (Phi) is 3.75. The molecule has 22 heavy (non-hydrogen) atoms. The second-order valence-corrected chi connectivity index (χ2v) is 5.35. The van der Waals surface area contributed by atoms with Crippen molar-refractivity contribution in [3.63, 3.8) is 0 Å². The number of ether oxygens (including phenoxy) is 2. The first-order chi connectivity index (χ1) is 10.6. The number of carbonyl (C=O) groups excluding carboxylic acids is 1. The van der Waals surface area contributed by atoms with Crippen LogP contribution in [-0.2, 0) is 13.5 Å². The lowest BCUT2D eigenvalue weighted by atomic mass is 10.1. The number of rotatable bonds is 4. The van der Waals surface area contributed by atoms with Gasteiger partial charge in [-0.3, -0.25) is 9.48 Å². The zero-order valence-corrected chi connectivity index (χ0v) is 13.0. The van der Waals surface area contributed by atoms with Crippen molar-refractivity contribution in [2.24, 2.45) is 7.05 Å². The van der Waals surface area contributed by atoms with Gasteiger partial charge in [0.15, 0.2) is 11.5 Å². The van der Waals surface area contributed by atoms with Gasteiger partial charge in [0, 0.05) is 24.8 Å². The van der Waals surface area contributed by atoms with Crippen LogP contribution in [0.1, 0.15) is 27.3 Å². The molecule has 0 aliphatic carbocycles. The van der Waals surface area contributed by atoms with Crippen LogP contribution in [-0.4, -0.2) is 29.0 Å². The molecule has 0 spiro atoms. The molecule has 0 bridgehead atoms. The van der Waals surface area contributed by atoms with Gasteiger partial charge in [-0.15, -0.1) is 0 Å². The van der Waals surface area contributed by atoms with E-state index in [-0.39, 0.29) is 12.7 Å². The molecule has 1 aromatic heterocycles. The molecule has 1 aromatic carbocycles. The third-order valence-corrected chi connectivity index (χ3v) is 3.95. The van der Waals surface area contributed by atoms with Crippen molar-refractivity contribution in [3.8, 4) is 11.5 Å². The molecule has 6 heteroatoms. The molecular formula is C16H19N3O3. The Balaban J connectivity index is 1.61. The van der Waals surface area contributed by atoms with Crippen molar-refractivity contribution >= 4 is 5.91 Å². The third-order valence-electron chi connectivity index (χ3n) is 3.95. The van der Waals surface area contributed by atoms with Crippen LogP contribution in [0.4, 0.5) is 0 Å². The number of aryl methyl sites for hydroxylation is 2. The summed E-state index contributed by atoms with van der Waals surface area (Å²) in [6.45, 7) is 4.80. The Morgan fingerprint density at radius 1 is 1.32 bits per heavy atom. The average Bonchev–Trinajstić information content (AvgIpc) is 3.06. The summed E-state index contributed by atoms with van der Waals surface area (Å²) in [5.74, 6) is 1.18. The van der Waals surface area contributed by atoms with Gasteiger partial charge < -0.3 is 14.8 Å². The second kappa shape index (κ2) is 5.71. The highest BCUT2D eigenvalue weighted by molar-refractivity contribution is 5.94. The largest absolute Gasteiger partial charge is 0.454 e. The van der Waals surface area contributed by atoms with Crippen molar-refractivity contribution in [1.82, 2.24) is 15.1 Å². The normalized spacial score (nSPS) is 12.5. The zero-order valence-electron chi connectivity index (χ0n) is 13.0. The van der Waals surface area contributed by atoms with Crippen molar-refractivity contribution in [1.29, 1.82) is 0 Å². The van der Waals surface area contributed by atoms with Crippen molar-refractivity contribution < 1.29 is 14.3 Å². The fraction of sp³-hybridized carbons (Fsp3) is 0.375. The summed E-state index contributed by atoms with van der Waals surface area (Å²) in [4.78, 5) is 12.2. The first kappa shape index (κ1) is 14.4. The molecule has 116 valence electrons. The van der Waals surface area contributed by atoms with Crippen LogP contribution in [0.5, 0.6) is 11.5 Å². The Bertz CT molecular complexity index is 722. The van der Waals surface area contributed by atoms with Gasteiger partial charge in [0.25, 0.3) is 5.91 Å².